The van der Waals surface area contributed by atoms with E-state index in [1.54, 1.807) is 17.1 Å². The van der Waals surface area contributed by atoms with Gasteiger partial charge in [0.05, 0.1) is 12.8 Å². The zero-order valence-electron chi connectivity index (χ0n) is 12.2. The zero-order chi connectivity index (χ0) is 15.4. The molecule has 1 aromatic carbocycles. The van der Waals surface area contributed by atoms with Crippen LogP contribution in [-0.2, 0) is 13.1 Å². The molecule has 0 aliphatic rings. The van der Waals surface area contributed by atoms with E-state index >= 15 is 0 Å². The topological polar surface area (TPSA) is 73.0 Å². The number of carbonyl (C=O) groups excluding carboxylic acids is 1. The molecule has 2 heterocycles. The van der Waals surface area contributed by atoms with E-state index in [0.717, 1.165) is 16.7 Å². The number of nitrogens with one attached hydrogen (secondary N) is 1. The first-order chi connectivity index (χ1) is 10.7. The fourth-order valence-electron chi connectivity index (χ4n) is 2.13. The molecule has 6 nitrogen and oxygen atoms in total. The normalized spacial score (nSPS) is 10.6. The molecule has 112 valence electrons. The van der Waals surface area contributed by atoms with Crippen LogP contribution in [-0.4, -0.2) is 20.7 Å². The van der Waals surface area contributed by atoms with E-state index in [4.69, 9.17) is 4.42 Å². The van der Waals surface area contributed by atoms with Crippen molar-refractivity contribution in [1.82, 2.24) is 20.1 Å². The number of carbonyl (C=O) groups is 1. The Labute approximate surface area is 127 Å². The van der Waals surface area contributed by atoms with Crippen molar-refractivity contribution in [2.24, 2.45) is 0 Å². The predicted molar refractivity (Wildman–Crippen MR) is 80.2 cm³/mol. The van der Waals surface area contributed by atoms with Crippen LogP contribution in [0.4, 0.5) is 0 Å². The van der Waals surface area contributed by atoms with E-state index in [2.05, 4.69) is 15.4 Å². The molecule has 22 heavy (non-hydrogen) atoms. The number of benzene rings is 1. The van der Waals surface area contributed by atoms with Crippen molar-refractivity contribution in [2.45, 2.75) is 20.0 Å². The van der Waals surface area contributed by atoms with Crippen LogP contribution in [0.15, 0.2) is 53.7 Å². The van der Waals surface area contributed by atoms with Crippen molar-refractivity contribution in [3.05, 3.63) is 71.7 Å². The summed E-state index contributed by atoms with van der Waals surface area (Å²) < 4.78 is 6.93. The monoisotopic (exact) mass is 296 g/mol. The fourth-order valence-corrected chi connectivity index (χ4v) is 2.13. The second-order valence-corrected chi connectivity index (χ2v) is 5.02. The van der Waals surface area contributed by atoms with Crippen molar-refractivity contribution < 1.29 is 9.21 Å². The fraction of sp³-hybridized carbons (Fsp3) is 0.188. The average Bonchev–Trinajstić information content (AvgIpc) is 3.18. The first-order valence-corrected chi connectivity index (χ1v) is 6.95. The standard InChI is InChI=1S/C16H16N4O2/c1-12-6-7-22-15(12)16(21)18-8-13-2-4-14(5-3-13)9-20-11-17-10-19-20/h2-7,10-11H,8-9H2,1H3,(H,18,21). The van der Waals surface area contributed by atoms with Gasteiger partial charge in [-0.3, -0.25) is 4.79 Å². The van der Waals surface area contributed by atoms with Gasteiger partial charge in [0.2, 0.25) is 0 Å². The van der Waals surface area contributed by atoms with Crippen LogP contribution in [0.1, 0.15) is 27.2 Å². The third kappa shape index (κ3) is 3.22. The van der Waals surface area contributed by atoms with E-state index in [9.17, 15) is 4.79 Å². The third-order valence-corrected chi connectivity index (χ3v) is 3.36. The van der Waals surface area contributed by atoms with Gasteiger partial charge in [-0.2, -0.15) is 5.10 Å². The number of furan rings is 1. The molecule has 3 aromatic rings. The number of nitrogens with zero attached hydrogens (tertiary/aromatic N) is 3. The number of aryl methyl sites for hydroxylation is 1. The molecular formula is C16H16N4O2. The molecule has 0 saturated heterocycles. The van der Waals surface area contributed by atoms with Crippen molar-refractivity contribution >= 4 is 5.91 Å². The number of rotatable bonds is 5. The minimum atomic E-state index is -0.200. The lowest BCUT2D eigenvalue weighted by Gasteiger charge is -2.06. The second-order valence-electron chi connectivity index (χ2n) is 5.02. The molecular weight excluding hydrogens is 280 g/mol. The smallest absolute Gasteiger partial charge is 0.287 e. The van der Waals surface area contributed by atoms with Crippen LogP contribution in [0.25, 0.3) is 0 Å². The summed E-state index contributed by atoms with van der Waals surface area (Å²) in [4.78, 5) is 15.9. The van der Waals surface area contributed by atoms with E-state index in [0.29, 0.717) is 18.8 Å². The Hall–Kier alpha value is -2.89. The first kappa shape index (κ1) is 14.1. The Balaban J connectivity index is 1.57. The number of amides is 1. The Morgan fingerprint density at radius 3 is 2.64 bits per heavy atom. The van der Waals surface area contributed by atoms with Crippen LogP contribution in [0.2, 0.25) is 0 Å². The minimum absolute atomic E-state index is 0.200. The van der Waals surface area contributed by atoms with Gasteiger partial charge in [-0.1, -0.05) is 24.3 Å². The summed E-state index contributed by atoms with van der Waals surface area (Å²) in [6.45, 7) is 2.98. The summed E-state index contributed by atoms with van der Waals surface area (Å²) in [5, 5.41) is 6.92. The van der Waals surface area contributed by atoms with Crippen molar-refractivity contribution in [1.29, 1.82) is 0 Å². The molecule has 0 aliphatic heterocycles. The minimum Gasteiger partial charge on any atom is -0.459 e. The molecule has 0 atom stereocenters. The van der Waals surface area contributed by atoms with Crippen LogP contribution in [0.3, 0.4) is 0 Å². The molecule has 6 heteroatoms. The summed E-state index contributed by atoms with van der Waals surface area (Å²) in [5.74, 6) is 0.164. The second kappa shape index (κ2) is 6.26. The average molecular weight is 296 g/mol. The van der Waals surface area contributed by atoms with Gasteiger partial charge >= 0.3 is 0 Å². The first-order valence-electron chi connectivity index (χ1n) is 6.95. The van der Waals surface area contributed by atoms with Gasteiger partial charge in [0, 0.05) is 12.1 Å². The van der Waals surface area contributed by atoms with Crippen LogP contribution >= 0.6 is 0 Å². The molecule has 0 saturated carbocycles. The molecule has 0 radical (unpaired) electrons. The van der Waals surface area contributed by atoms with Gasteiger partial charge in [-0.15, -0.1) is 0 Å². The highest BCUT2D eigenvalue weighted by molar-refractivity contribution is 5.92. The highest BCUT2D eigenvalue weighted by Crippen LogP contribution is 2.09. The molecule has 3 rings (SSSR count). The lowest BCUT2D eigenvalue weighted by molar-refractivity contribution is 0.0922. The number of hydrogen-bond donors (Lipinski definition) is 1. The highest BCUT2D eigenvalue weighted by atomic mass is 16.3. The van der Waals surface area contributed by atoms with Gasteiger partial charge in [0.1, 0.15) is 12.7 Å². The molecule has 0 spiro atoms. The zero-order valence-corrected chi connectivity index (χ0v) is 12.2. The number of hydrogen-bond acceptors (Lipinski definition) is 4. The van der Waals surface area contributed by atoms with E-state index < -0.39 is 0 Å². The van der Waals surface area contributed by atoms with Crippen LogP contribution < -0.4 is 5.32 Å². The van der Waals surface area contributed by atoms with Crippen LogP contribution in [0, 0.1) is 6.92 Å². The van der Waals surface area contributed by atoms with Gasteiger partial charge in [-0.05, 0) is 24.1 Å². The van der Waals surface area contributed by atoms with Gasteiger partial charge in [0.15, 0.2) is 5.76 Å². The van der Waals surface area contributed by atoms with Crippen molar-refractivity contribution in [2.75, 3.05) is 0 Å². The Bertz CT molecular complexity index is 745. The predicted octanol–water partition coefficient (Wildman–Crippen LogP) is 2.16. The van der Waals surface area contributed by atoms with Gasteiger partial charge in [-0.25, -0.2) is 9.67 Å². The molecule has 0 fully saturated rings. The summed E-state index contributed by atoms with van der Waals surface area (Å²) in [5.41, 5.74) is 2.99. The summed E-state index contributed by atoms with van der Waals surface area (Å²) in [6.07, 6.45) is 4.71. The quantitative estimate of drug-likeness (QED) is 0.783. The maximum absolute atomic E-state index is 12.0. The lowest BCUT2D eigenvalue weighted by Crippen LogP contribution is -2.22. The third-order valence-electron chi connectivity index (χ3n) is 3.36. The SMILES string of the molecule is Cc1ccoc1C(=O)NCc1ccc(Cn2cncn2)cc1. The largest absolute Gasteiger partial charge is 0.459 e. The van der Waals surface area contributed by atoms with Crippen LogP contribution in [0.5, 0.6) is 0 Å². The highest BCUT2D eigenvalue weighted by Gasteiger charge is 2.11. The molecule has 2 aromatic heterocycles. The molecule has 0 bridgehead atoms. The lowest BCUT2D eigenvalue weighted by atomic mass is 10.1. The van der Waals surface area contributed by atoms with Crippen molar-refractivity contribution in [3.8, 4) is 0 Å². The summed E-state index contributed by atoms with van der Waals surface area (Å²) in [6, 6.07) is 9.78. The van der Waals surface area contributed by atoms with Gasteiger partial charge < -0.3 is 9.73 Å². The molecule has 0 unspecified atom stereocenters. The molecule has 1 N–H and O–H groups in total. The number of aromatic nitrogens is 3. The molecule has 1 amide bonds. The van der Waals surface area contributed by atoms with E-state index in [1.807, 2.05) is 31.2 Å². The van der Waals surface area contributed by atoms with E-state index in [-0.39, 0.29) is 5.91 Å². The van der Waals surface area contributed by atoms with Gasteiger partial charge in [0.25, 0.3) is 5.91 Å². The molecule has 0 aliphatic carbocycles. The Morgan fingerprint density at radius 1 is 1.23 bits per heavy atom. The maximum Gasteiger partial charge on any atom is 0.287 e. The van der Waals surface area contributed by atoms with E-state index in [1.165, 1.54) is 12.6 Å². The summed E-state index contributed by atoms with van der Waals surface area (Å²) in [7, 11) is 0. The Morgan fingerprint density at radius 2 is 2.00 bits per heavy atom. The summed E-state index contributed by atoms with van der Waals surface area (Å²) >= 11 is 0. The maximum atomic E-state index is 12.0. The Kier molecular flexibility index (Phi) is 4.00. The van der Waals surface area contributed by atoms with Crippen molar-refractivity contribution in [3.63, 3.8) is 0 Å².